The normalized spacial score (nSPS) is 14.8. The van der Waals surface area contributed by atoms with E-state index in [9.17, 15) is 0 Å². The highest BCUT2D eigenvalue weighted by Gasteiger charge is 2.28. The number of imidazole rings is 1. The highest BCUT2D eigenvalue weighted by molar-refractivity contribution is 5.77. The van der Waals surface area contributed by atoms with Gasteiger partial charge in [0, 0.05) is 24.7 Å². The Hall–Kier alpha value is -4.26. The molecule has 1 atom stereocenters. The number of hydrogen-bond acceptors (Lipinski definition) is 5. The van der Waals surface area contributed by atoms with Gasteiger partial charge in [-0.1, -0.05) is 68.1 Å². The monoisotopic (exact) mass is 543 g/mol. The highest BCUT2D eigenvalue weighted by Crippen LogP contribution is 2.34. The first kappa shape index (κ1) is 26.9. The van der Waals surface area contributed by atoms with E-state index in [1.54, 1.807) is 0 Å². The second-order valence-electron chi connectivity index (χ2n) is 10.7. The Labute approximate surface area is 241 Å². The molecule has 0 amide bonds. The number of aromatic amines is 1. The Bertz CT molecular complexity index is 1670. The molecule has 0 aliphatic heterocycles. The summed E-state index contributed by atoms with van der Waals surface area (Å²) < 4.78 is 5.94. The average Bonchev–Trinajstić information content (AvgIpc) is 3.60. The van der Waals surface area contributed by atoms with E-state index in [4.69, 9.17) is 14.4 Å². The van der Waals surface area contributed by atoms with Gasteiger partial charge in [0.15, 0.2) is 0 Å². The Balaban J connectivity index is 0.00000302. The molecule has 1 aliphatic carbocycles. The first-order chi connectivity index (χ1) is 19.8. The molecule has 1 aliphatic rings. The number of hydrogen-bond donors (Lipinski definition) is 2. The molecule has 1 unspecified atom stereocenters. The number of para-hydroxylation sites is 3. The summed E-state index contributed by atoms with van der Waals surface area (Å²) >= 11 is 0. The molecule has 0 bridgehead atoms. The van der Waals surface area contributed by atoms with Gasteiger partial charge in [-0.3, -0.25) is 9.88 Å². The van der Waals surface area contributed by atoms with Crippen LogP contribution >= 0.6 is 0 Å². The molecule has 2 N–H and O–H groups in total. The summed E-state index contributed by atoms with van der Waals surface area (Å²) in [5.74, 6) is 1.95. The lowest BCUT2D eigenvalue weighted by Crippen LogP contribution is -2.31. The van der Waals surface area contributed by atoms with Gasteiger partial charge in [-0.25, -0.2) is 4.98 Å². The minimum atomic E-state index is 0. The standard InChI is InChI=1S/C34H33N5O.CH4/c1-4-13-32-27(7-1)19-28(40-32)21-35-20-24-14-16-25(17-15-24)22-39(23-33-37-29-10-2-3-11-30(29)38-33)31-12-5-8-26-9-6-18-36-34(26)31;/h1-4,6-7,9-11,13-19,31,35H,5,8,12,20-23H2,(H,37,38);1H4. The van der Waals surface area contributed by atoms with Crippen LogP contribution in [0.4, 0.5) is 0 Å². The lowest BCUT2D eigenvalue weighted by molar-refractivity contribution is 0.153. The van der Waals surface area contributed by atoms with Crippen molar-refractivity contribution in [2.75, 3.05) is 0 Å². The quantitative estimate of drug-likeness (QED) is 0.195. The van der Waals surface area contributed by atoms with E-state index < -0.39 is 0 Å². The molecule has 6 heteroatoms. The Morgan fingerprint density at radius 3 is 2.59 bits per heavy atom. The van der Waals surface area contributed by atoms with Crippen LogP contribution in [0.15, 0.2) is 102 Å². The van der Waals surface area contributed by atoms with Crippen molar-refractivity contribution in [1.29, 1.82) is 0 Å². The zero-order valence-corrected chi connectivity index (χ0v) is 22.5. The Morgan fingerprint density at radius 2 is 1.71 bits per heavy atom. The summed E-state index contributed by atoms with van der Waals surface area (Å²) in [4.78, 5) is 15.8. The minimum absolute atomic E-state index is 0. The largest absolute Gasteiger partial charge is 0.460 e. The van der Waals surface area contributed by atoms with E-state index >= 15 is 0 Å². The van der Waals surface area contributed by atoms with Gasteiger partial charge in [0.1, 0.15) is 17.2 Å². The second-order valence-corrected chi connectivity index (χ2v) is 10.7. The summed E-state index contributed by atoms with van der Waals surface area (Å²) in [7, 11) is 0. The third-order valence-corrected chi connectivity index (χ3v) is 7.91. The van der Waals surface area contributed by atoms with Crippen LogP contribution in [0.2, 0.25) is 0 Å². The van der Waals surface area contributed by atoms with Crippen LogP contribution in [0, 0.1) is 0 Å². The maximum absolute atomic E-state index is 5.94. The van der Waals surface area contributed by atoms with Gasteiger partial charge >= 0.3 is 0 Å². The molecule has 0 fully saturated rings. The fourth-order valence-electron chi connectivity index (χ4n) is 5.94. The van der Waals surface area contributed by atoms with Crippen LogP contribution < -0.4 is 5.32 Å². The number of nitrogens with one attached hydrogen (secondary N) is 2. The first-order valence-corrected chi connectivity index (χ1v) is 14.2. The van der Waals surface area contributed by atoms with Crippen LogP contribution in [0.25, 0.3) is 22.0 Å². The maximum atomic E-state index is 5.94. The van der Waals surface area contributed by atoms with Crippen molar-refractivity contribution in [2.45, 2.75) is 58.9 Å². The molecule has 0 saturated carbocycles. The Morgan fingerprint density at radius 1 is 0.878 bits per heavy atom. The molecule has 41 heavy (non-hydrogen) atoms. The van der Waals surface area contributed by atoms with Crippen LogP contribution in [0.1, 0.15) is 60.3 Å². The number of aryl methyl sites for hydroxylation is 1. The van der Waals surface area contributed by atoms with Crippen molar-refractivity contribution in [1.82, 2.24) is 25.2 Å². The molecule has 6 aromatic rings. The van der Waals surface area contributed by atoms with E-state index in [2.05, 4.69) is 81.9 Å². The third kappa shape index (κ3) is 5.94. The van der Waals surface area contributed by atoms with E-state index in [0.717, 1.165) is 66.1 Å². The zero-order chi connectivity index (χ0) is 26.7. The minimum Gasteiger partial charge on any atom is -0.460 e. The van der Waals surface area contributed by atoms with E-state index in [0.29, 0.717) is 6.54 Å². The summed E-state index contributed by atoms with van der Waals surface area (Å²) in [5, 5.41) is 4.67. The van der Waals surface area contributed by atoms with Gasteiger partial charge in [0.2, 0.25) is 0 Å². The molecular weight excluding hydrogens is 506 g/mol. The highest BCUT2D eigenvalue weighted by atomic mass is 16.3. The SMILES string of the molecule is C.c1cnc2c(c1)CCCC2N(Cc1ccc(CNCc2cc3ccccc3o2)cc1)Cc1nc2ccccc2[nH]1. The van der Waals surface area contributed by atoms with Gasteiger partial charge in [0.25, 0.3) is 0 Å². The van der Waals surface area contributed by atoms with Gasteiger partial charge in [-0.05, 0) is 66.3 Å². The predicted molar refractivity (Wildman–Crippen MR) is 165 cm³/mol. The summed E-state index contributed by atoms with van der Waals surface area (Å²) in [6.07, 6.45) is 5.32. The number of fused-ring (bicyclic) bond motifs is 3. The first-order valence-electron chi connectivity index (χ1n) is 14.2. The van der Waals surface area contributed by atoms with E-state index in [-0.39, 0.29) is 13.5 Å². The molecule has 3 heterocycles. The fraction of sp³-hybridized carbons (Fsp3) is 0.257. The van der Waals surface area contributed by atoms with E-state index in [1.165, 1.54) is 28.8 Å². The van der Waals surface area contributed by atoms with Gasteiger partial charge < -0.3 is 14.7 Å². The molecule has 0 spiro atoms. The zero-order valence-electron chi connectivity index (χ0n) is 22.5. The Kier molecular flexibility index (Phi) is 7.94. The van der Waals surface area contributed by atoms with Crippen molar-refractivity contribution >= 4 is 22.0 Å². The predicted octanol–water partition coefficient (Wildman–Crippen LogP) is 7.71. The van der Waals surface area contributed by atoms with E-state index in [1.807, 2.05) is 30.5 Å². The van der Waals surface area contributed by atoms with Crippen molar-refractivity contribution < 1.29 is 4.42 Å². The van der Waals surface area contributed by atoms with Crippen molar-refractivity contribution in [3.63, 3.8) is 0 Å². The molecule has 0 radical (unpaired) electrons. The number of pyridine rings is 1. The van der Waals surface area contributed by atoms with Crippen LogP contribution in [-0.4, -0.2) is 19.9 Å². The summed E-state index contributed by atoms with van der Waals surface area (Å²) in [6.45, 7) is 3.08. The number of aromatic nitrogens is 3. The van der Waals surface area contributed by atoms with Crippen LogP contribution in [0.3, 0.4) is 0 Å². The topological polar surface area (TPSA) is 70.0 Å². The summed E-state index contributed by atoms with van der Waals surface area (Å²) in [5.41, 5.74) is 8.17. The van der Waals surface area contributed by atoms with Crippen LogP contribution in [-0.2, 0) is 32.6 Å². The summed E-state index contributed by atoms with van der Waals surface area (Å²) in [6, 6.07) is 32.0. The average molecular weight is 544 g/mol. The molecule has 3 aromatic carbocycles. The van der Waals surface area contributed by atoms with Gasteiger partial charge in [-0.15, -0.1) is 0 Å². The number of nitrogens with zero attached hydrogens (tertiary/aromatic N) is 3. The van der Waals surface area contributed by atoms with Crippen molar-refractivity contribution in [3.8, 4) is 0 Å². The number of H-pyrrole nitrogens is 1. The second kappa shape index (κ2) is 12.1. The molecular formula is C35H37N5O. The third-order valence-electron chi connectivity index (χ3n) is 7.91. The number of rotatable bonds is 9. The maximum Gasteiger partial charge on any atom is 0.134 e. The number of benzene rings is 3. The fourth-order valence-corrected chi connectivity index (χ4v) is 5.94. The molecule has 0 saturated heterocycles. The lowest BCUT2D eigenvalue weighted by Gasteiger charge is -2.34. The number of furan rings is 1. The van der Waals surface area contributed by atoms with Crippen molar-refractivity contribution in [2.24, 2.45) is 0 Å². The van der Waals surface area contributed by atoms with Gasteiger partial charge in [0.05, 0.1) is 35.9 Å². The molecule has 3 aromatic heterocycles. The van der Waals surface area contributed by atoms with Crippen molar-refractivity contribution in [3.05, 3.63) is 131 Å². The molecule has 6 nitrogen and oxygen atoms in total. The lowest BCUT2D eigenvalue weighted by atomic mass is 9.90. The molecule has 7 rings (SSSR count). The molecule has 208 valence electrons. The smallest absolute Gasteiger partial charge is 0.134 e. The van der Waals surface area contributed by atoms with Crippen LogP contribution in [0.5, 0.6) is 0 Å². The van der Waals surface area contributed by atoms with Gasteiger partial charge in [-0.2, -0.15) is 0 Å².